The fourth-order valence-electron chi connectivity index (χ4n) is 2.03. The average Bonchev–Trinajstić information content (AvgIpc) is 3.22. The van der Waals surface area contributed by atoms with Gasteiger partial charge in [0, 0.05) is 19.0 Å². The van der Waals surface area contributed by atoms with E-state index in [4.69, 9.17) is 16.9 Å². The monoisotopic (exact) mass is 352 g/mol. The van der Waals surface area contributed by atoms with E-state index in [1.54, 1.807) is 0 Å². The molecule has 0 atom stereocenters. The number of rotatable bonds is 5. The van der Waals surface area contributed by atoms with E-state index in [1.165, 1.54) is 0 Å². The van der Waals surface area contributed by atoms with Crippen LogP contribution in [0.25, 0.3) is 0 Å². The molecule has 0 aromatic heterocycles. The van der Waals surface area contributed by atoms with Crippen molar-refractivity contribution in [1.29, 1.82) is 5.26 Å². The van der Waals surface area contributed by atoms with Gasteiger partial charge in [-0.1, -0.05) is 11.6 Å². The summed E-state index contributed by atoms with van der Waals surface area (Å²) in [6.07, 6.45) is -3.44. The summed E-state index contributed by atoms with van der Waals surface area (Å²) in [5, 5.41) is 8.34. The Morgan fingerprint density at radius 3 is 2.50 bits per heavy atom. The number of alkyl halides is 3. The molecule has 9 heteroatoms. The minimum Gasteiger partial charge on any atom is -0.207 e. The van der Waals surface area contributed by atoms with E-state index in [9.17, 15) is 21.6 Å². The molecule has 0 amide bonds. The molecule has 0 heterocycles. The molecule has 0 bridgehead atoms. The van der Waals surface area contributed by atoms with Gasteiger partial charge in [-0.25, -0.2) is 8.42 Å². The van der Waals surface area contributed by atoms with Gasteiger partial charge in [-0.2, -0.15) is 22.7 Å². The third-order valence-corrected chi connectivity index (χ3v) is 5.68. The molecule has 4 nitrogen and oxygen atoms in total. The molecule has 22 heavy (non-hydrogen) atoms. The topological polar surface area (TPSA) is 61.2 Å². The van der Waals surface area contributed by atoms with Crippen molar-refractivity contribution in [3.8, 4) is 6.07 Å². The Balaban J connectivity index is 2.45. The Bertz CT molecular complexity index is 709. The van der Waals surface area contributed by atoms with E-state index >= 15 is 0 Å². The lowest BCUT2D eigenvalue weighted by molar-refractivity contribution is -0.137. The zero-order valence-electron chi connectivity index (χ0n) is 11.3. The smallest absolute Gasteiger partial charge is 0.207 e. The van der Waals surface area contributed by atoms with E-state index in [1.807, 2.05) is 6.07 Å². The third-order valence-electron chi connectivity index (χ3n) is 3.24. The van der Waals surface area contributed by atoms with Crippen LogP contribution in [0, 0.1) is 11.3 Å². The summed E-state index contributed by atoms with van der Waals surface area (Å²) in [6, 6.07) is 3.76. The molecule has 1 aromatic carbocycles. The highest BCUT2D eigenvalue weighted by molar-refractivity contribution is 7.89. The summed E-state index contributed by atoms with van der Waals surface area (Å²) in [6.45, 7) is -0.0595. The van der Waals surface area contributed by atoms with Crippen molar-refractivity contribution in [1.82, 2.24) is 4.31 Å². The Labute approximate surface area is 131 Å². The van der Waals surface area contributed by atoms with Crippen LogP contribution in [0.15, 0.2) is 23.1 Å². The average molecular weight is 353 g/mol. The maximum Gasteiger partial charge on any atom is 0.416 e. The molecule has 0 radical (unpaired) electrons. The zero-order chi connectivity index (χ0) is 16.5. The van der Waals surface area contributed by atoms with Crippen LogP contribution in [0.2, 0.25) is 5.02 Å². The molecule has 0 saturated heterocycles. The van der Waals surface area contributed by atoms with Crippen LogP contribution in [-0.2, 0) is 16.2 Å². The van der Waals surface area contributed by atoms with Crippen LogP contribution in [0.4, 0.5) is 13.2 Å². The first kappa shape index (κ1) is 17.1. The predicted molar refractivity (Wildman–Crippen MR) is 73.6 cm³/mol. The molecule has 1 aromatic rings. The first-order valence-corrected chi connectivity index (χ1v) is 8.25. The van der Waals surface area contributed by atoms with Gasteiger partial charge in [-0.05, 0) is 31.0 Å². The molecule has 1 saturated carbocycles. The van der Waals surface area contributed by atoms with E-state index in [-0.39, 0.29) is 24.0 Å². The molecule has 0 unspecified atom stereocenters. The third kappa shape index (κ3) is 3.54. The number of halogens is 4. The van der Waals surface area contributed by atoms with Gasteiger partial charge in [-0.3, -0.25) is 0 Å². The lowest BCUT2D eigenvalue weighted by Crippen LogP contribution is -2.34. The number of sulfonamides is 1. The van der Waals surface area contributed by atoms with E-state index in [0.29, 0.717) is 18.9 Å². The Kier molecular flexibility index (Phi) is 4.70. The first-order valence-electron chi connectivity index (χ1n) is 6.43. The minimum absolute atomic E-state index is 0.0354. The second kappa shape index (κ2) is 6.07. The van der Waals surface area contributed by atoms with Gasteiger partial charge in [0.25, 0.3) is 0 Å². The summed E-state index contributed by atoms with van der Waals surface area (Å²) in [7, 11) is -4.17. The highest BCUT2D eigenvalue weighted by Crippen LogP contribution is 2.37. The largest absolute Gasteiger partial charge is 0.416 e. The van der Waals surface area contributed by atoms with Crippen LogP contribution < -0.4 is 0 Å². The molecule has 1 aliphatic rings. The van der Waals surface area contributed by atoms with Crippen LogP contribution in [0.1, 0.15) is 24.8 Å². The lowest BCUT2D eigenvalue weighted by Gasteiger charge is -2.22. The fourth-order valence-corrected chi connectivity index (χ4v) is 4.21. The van der Waals surface area contributed by atoms with Crippen LogP contribution >= 0.6 is 11.6 Å². The van der Waals surface area contributed by atoms with Crippen LogP contribution in [0.5, 0.6) is 0 Å². The van der Waals surface area contributed by atoms with Gasteiger partial charge in [0.2, 0.25) is 10.0 Å². The van der Waals surface area contributed by atoms with Crippen molar-refractivity contribution >= 4 is 21.6 Å². The number of benzene rings is 1. The molecule has 0 spiro atoms. The highest BCUT2D eigenvalue weighted by Gasteiger charge is 2.40. The van der Waals surface area contributed by atoms with Gasteiger partial charge in [0.05, 0.1) is 16.7 Å². The van der Waals surface area contributed by atoms with Crippen LogP contribution in [-0.4, -0.2) is 25.3 Å². The van der Waals surface area contributed by atoms with Crippen molar-refractivity contribution < 1.29 is 21.6 Å². The van der Waals surface area contributed by atoms with Gasteiger partial charge < -0.3 is 0 Å². The van der Waals surface area contributed by atoms with Gasteiger partial charge in [-0.15, -0.1) is 0 Å². The van der Waals surface area contributed by atoms with Gasteiger partial charge in [0.1, 0.15) is 4.90 Å². The summed E-state index contributed by atoms with van der Waals surface area (Å²) >= 11 is 5.80. The molecule has 0 aliphatic heterocycles. The molecule has 1 aliphatic carbocycles. The highest BCUT2D eigenvalue weighted by atomic mass is 35.5. The predicted octanol–water partition coefficient (Wildman–Crippen LogP) is 3.43. The van der Waals surface area contributed by atoms with Crippen molar-refractivity contribution in [3.63, 3.8) is 0 Å². The first-order chi connectivity index (χ1) is 10.2. The van der Waals surface area contributed by atoms with Crippen molar-refractivity contribution in [2.75, 3.05) is 6.54 Å². The molecular weight excluding hydrogens is 341 g/mol. The van der Waals surface area contributed by atoms with Crippen molar-refractivity contribution in [2.45, 2.75) is 36.4 Å². The van der Waals surface area contributed by atoms with Crippen molar-refractivity contribution in [2.24, 2.45) is 0 Å². The SMILES string of the molecule is N#CCCN(C1CC1)S(=O)(=O)c1cc(C(F)(F)F)ccc1Cl. The molecule has 0 N–H and O–H groups in total. The number of nitrogens with zero attached hydrogens (tertiary/aromatic N) is 2. The second-order valence-corrected chi connectivity index (χ2v) is 7.16. The fraction of sp³-hybridized carbons (Fsp3) is 0.462. The molecule has 1 fully saturated rings. The molecule has 2 rings (SSSR count). The van der Waals surface area contributed by atoms with Crippen LogP contribution in [0.3, 0.4) is 0 Å². The summed E-state index contributed by atoms with van der Waals surface area (Å²) < 4.78 is 64.5. The maximum absolute atomic E-state index is 12.8. The van der Waals surface area contributed by atoms with Gasteiger partial charge in [0.15, 0.2) is 0 Å². The number of nitriles is 1. The number of hydrogen-bond acceptors (Lipinski definition) is 3. The van der Waals surface area contributed by atoms with E-state index < -0.39 is 26.7 Å². The maximum atomic E-state index is 12.8. The Morgan fingerprint density at radius 1 is 1.36 bits per heavy atom. The zero-order valence-corrected chi connectivity index (χ0v) is 12.8. The molecular formula is C13H12ClF3N2O2S. The second-order valence-electron chi connectivity index (χ2n) is 4.90. The normalized spacial score (nSPS) is 15.8. The minimum atomic E-state index is -4.66. The summed E-state index contributed by atoms with van der Waals surface area (Å²) in [5.41, 5.74) is -1.08. The Morgan fingerprint density at radius 2 is 2.00 bits per heavy atom. The molecule has 120 valence electrons. The summed E-state index contributed by atoms with van der Waals surface area (Å²) in [4.78, 5) is -0.575. The lowest BCUT2D eigenvalue weighted by atomic mass is 10.2. The van der Waals surface area contributed by atoms with Crippen molar-refractivity contribution in [3.05, 3.63) is 28.8 Å². The van der Waals surface area contributed by atoms with Gasteiger partial charge >= 0.3 is 6.18 Å². The standard InChI is InChI=1S/C13H12ClF3N2O2S/c14-11-5-2-9(13(15,16)17)8-12(11)22(20,21)19(7-1-6-18)10-3-4-10/h2,5,8,10H,1,3-4,7H2. The Hall–Kier alpha value is -1.30. The van der Waals surface area contributed by atoms with E-state index in [2.05, 4.69) is 0 Å². The number of hydrogen-bond donors (Lipinski definition) is 0. The quantitative estimate of drug-likeness (QED) is 0.815. The van der Waals surface area contributed by atoms with E-state index in [0.717, 1.165) is 16.4 Å². The summed E-state index contributed by atoms with van der Waals surface area (Å²) in [5.74, 6) is 0.